The molecule has 1 saturated heterocycles. The van der Waals surface area contributed by atoms with E-state index in [1.165, 1.54) is 10.8 Å². The minimum Gasteiger partial charge on any atom is -0.366 e. The minimum absolute atomic E-state index is 0.00650. The Morgan fingerprint density at radius 2 is 2.26 bits per heavy atom. The predicted octanol–water partition coefficient (Wildman–Crippen LogP) is 1.65. The molecule has 1 fully saturated rings. The smallest absolute Gasteiger partial charge is 0.366 e. The molecule has 0 aliphatic carbocycles. The molecule has 9 heteroatoms. The molecule has 3 rings (SSSR count). The van der Waals surface area contributed by atoms with Crippen molar-refractivity contribution >= 4 is 11.6 Å². The van der Waals surface area contributed by atoms with Crippen LogP contribution in [0.25, 0.3) is 5.78 Å². The van der Waals surface area contributed by atoms with Crippen molar-refractivity contribution in [1.82, 2.24) is 24.5 Å². The predicted molar refractivity (Wildman–Crippen MR) is 77.7 cm³/mol. The van der Waals surface area contributed by atoms with Gasteiger partial charge in [0, 0.05) is 18.7 Å². The number of hydrogen-bond acceptors (Lipinski definition) is 5. The first-order chi connectivity index (χ1) is 11.0. The zero-order valence-corrected chi connectivity index (χ0v) is 12.2. The maximum absolute atomic E-state index is 13.0. The standard InChI is InChI=1S/C14H15F3N6/c1-2-5-22-6-3-4-10(8-22)20-12-7-11(14(15,16)17)21-13-18-9-19-23(12)13/h1,7,9-10,20H,3-6,8H2. The summed E-state index contributed by atoms with van der Waals surface area (Å²) in [6.07, 6.45) is 3.74. The zero-order valence-electron chi connectivity index (χ0n) is 12.2. The Kier molecular flexibility index (Phi) is 4.09. The molecule has 1 unspecified atom stereocenters. The average Bonchev–Trinajstić information content (AvgIpc) is 2.96. The summed E-state index contributed by atoms with van der Waals surface area (Å²) in [5.74, 6) is 2.73. The molecule has 0 saturated carbocycles. The third kappa shape index (κ3) is 3.37. The highest BCUT2D eigenvalue weighted by Gasteiger charge is 2.34. The Balaban J connectivity index is 1.87. The molecule has 1 N–H and O–H groups in total. The van der Waals surface area contributed by atoms with Crippen LogP contribution < -0.4 is 5.32 Å². The van der Waals surface area contributed by atoms with Crippen molar-refractivity contribution in [3.8, 4) is 12.3 Å². The molecule has 1 atom stereocenters. The number of rotatable bonds is 3. The fraction of sp³-hybridized carbons (Fsp3) is 0.500. The van der Waals surface area contributed by atoms with Crippen molar-refractivity contribution in [3.63, 3.8) is 0 Å². The molecule has 0 spiro atoms. The molecule has 1 aliphatic rings. The fourth-order valence-corrected chi connectivity index (χ4v) is 2.72. The second-order valence-electron chi connectivity index (χ2n) is 5.42. The van der Waals surface area contributed by atoms with Gasteiger partial charge in [-0.1, -0.05) is 5.92 Å². The summed E-state index contributed by atoms with van der Waals surface area (Å²) in [5.41, 5.74) is -0.989. The van der Waals surface area contributed by atoms with Crippen LogP contribution >= 0.6 is 0 Å². The van der Waals surface area contributed by atoms with Crippen LogP contribution in [0.15, 0.2) is 12.4 Å². The van der Waals surface area contributed by atoms with Gasteiger partial charge in [0.1, 0.15) is 12.1 Å². The largest absolute Gasteiger partial charge is 0.433 e. The van der Waals surface area contributed by atoms with Crippen LogP contribution in [0.4, 0.5) is 19.0 Å². The van der Waals surface area contributed by atoms with Gasteiger partial charge in [-0.2, -0.15) is 27.8 Å². The summed E-state index contributed by atoms with van der Waals surface area (Å²) in [5, 5.41) is 7.05. The van der Waals surface area contributed by atoms with E-state index >= 15 is 0 Å². The number of fused-ring (bicyclic) bond motifs is 1. The van der Waals surface area contributed by atoms with Gasteiger partial charge in [-0.15, -0.1) is 6.42 Å². The number of anilines is 1. The van der Waals surface area contributed by atoms with Crippen molar-refractivity contribution < 1.29 is 13.2 Å². The summed E-state index contributed by atoms with van der Waals surface area (Å²) in [6.45, 7) is 2.09. The molecule has 0 amide bonds. The van der Waals surface area contributed by atoms with Gasteiger partial charge in [0.05, 0.1) is 6.54 Å². The summed E-state index contributed by atoms with van der Waals surface area (Å²) in [6, 6.07) is 0.954. The zero-order chi connectivity index (χ0) is 16.4. The first kappa shape index (κ1) is 15.6. The summed E-state index contributed by atoms with van der Waals surface area (Å²) >= 11 is 0. The molecule has 0 bridgehead atoms. The van der Waals surface area contributed by atoms with E-state index in [4.69, 9.17) is 6.42 Å². The number of piperidine rings is 1. The minimum atomic E-state index is -4.54. The van der Waals surface area contributed by atoms with Crippen LogP contribution in [0.3, 0.4) is 0 Å². The fourth-order valence-electron chi connectivity index (χ4n) is 2.72. The number of hydrogen-bond donors (Lipinski definition) is 1. The number of likely N-dealkylation sites (tertiary alicyclic amines) is 1. The first-order valence-corrected chi connectivity index (χ1v) is 7.17. The monoisotopic (exact) mass is 324 g/mol. The summed E-state index contributed by atoms with van der Waals surface area (Å²) < 4.78 is 40.2. The lowest BCUT2D eigenvalue weighted by molar-refractivity contribution is -0.141. The van der Waals surface area contributed by atoms with Gasteiger partial charge in [0.15, 0.2) is 5.69 Å². The average molecular weight is 324 g/mol. The van der Waals surface area contributed by atoms with Crippen LogP contribution in [0.2, 0.25) is 0 Å². The quantitative estimate of drug-likeness (QED) is 0.870. The van der Waals surface area contributed by atoms with Crippen LogP contribution in [0.5, 0.6) is 0 Å². The van der Waals surface area contributed by atoms with E-state index in [0.717, 1.165) is 25.5 Å². The van der Waals surface area contributed by atoms with E-state index in [1.54, 1.807) is 0 Å². The molecule has 2 aromatic rings. The molecule has 6 nitrogen and oxygen atoms in total. The molecular formula is C14H15F3N6. The maximum atomic E-state index is 13.0. The third-order valence-corrected chi connectivity index (χ3v) is 3.71. The van der Waals surface area contributed by atoms with Gasteiger partial charge >= 0.3 is 6.18 Å². The van der Waals surface area contributed by atoms with Crippen molar-refractivity contribution in [2.45, 2.75) is 25.1 Å². The van der Waals surface area contributed by atoms with Gasteiger partial charge in [-0.3, -0.25) is 4.90 Å². The van der Waals surface area contributed by atoms with E-state index in [-0.39, 0.29) is 17.6 Å². The first-order valence-electron chi connectivity index (χ1n) is 7.17. The van der Waals surface area contributed by atoms with Gasteiger partial charge < -0.3 is 5.32 Å². The van der Waals surface area contributed by atoms with E-state index in [2.05, 4.69) is 31.2 Å². The number of nitrogens with one attached hydrogen (secondary N) is 1. The van der Waals surface area contributed by atoms with E-state index < -0.39 is 11.9 Å². The number of alkyl halides is 3. The Morgan fingerprint density at radius 3 is 3.00 bits per heavy atom. The summed E-state index contributed by atoms with van der Waals surface area (Å²) in [4.78, 5) is 9.34. The van der Waals surface area contributed by atoms with Gasteiger partial charge in [0.25, 0.3) is 5.78 Å². The van der Waals surface area contributed by atoms with Gasteiger partial charge in [-0.05, 0) is 19.4 Å². The summed E-state index contributed by atoms with van der Waals surface area (Å²) in [7, 11) is 0. The van der Waals surface area contributed by atoms with Crippen LogP contribution in [-0.4, -0.2) is 50.2 Å². The maximum Gasteiger partial charge on any atom is 0.433 e. The van der Waals surface area contributed by atoms with Crippen LogP contribution in [0.1, 0.15) is 18.5 Å². The lowest BCUT2D eigenvalue weighted by Crippen LogP contribution is -2.42. The number of halogens is 3. The van der Waals surface area contributed by atoms with Crippen molar-refractivity contribution in [3.05, 3.63) is 18.1 Å². The van der Waals surface area contributed by atoms with Crippen LogP contribution in [0, 0.1) is 12.3 Å². The molecule has 1 aliphatic heterocycles. The number of nitrogens with zero attached hydrogens (tertiary/aromatic N) is 5. The molecule has 0 radical (unpaired) electrons. The van der Waals surface area contributed by atoms with Gasteiger partial charge in [0.2, 0.25) is 0 Å². The highest BCUT2D eigenvalue weighted by Crippen LogP contribution is 2.30. The van der Waals surface area contributed by atoms with Crippen molar-refractivity contribution in [1.29, 1.82) is 0 Å². The van der Waals surface area contributed by atoms with E-state index in [9.17, 15) is 13.2 Å². The number of aromatic nitrogens is 4. The second-order valence-corrected chi connectivity index (χ2v) is 5.42. The van der Waals surface area contributed by atoms with Gasteiger partial charge in [-0.25, -0.2) is 4.98 Å². The highest BCUT2D eigenvalue weighted by molar-refractivity contribution is 5.46. The van der Waals surface area contributed by atoms with E-state index in [1.807, 2.05) is 0 Å². The second kappa shape index (κ2) is 6.04. The van der Waals surface area contributed by atoms with Crippen molar-refractivity contribution in [2.24, 2.45) is 0 Å². The number of terminal acetylenes is 1. The molecule has 122 valence electrons. The lowest BCUT2D eigenvalue weighted by Gasteiger charge is -2.32. The molecule has 2 aromatic heterocycles. The Labute approximate surface area is 130 Å². The molecule has 3 heterocycles. The highest BCUT2D eigenvalue weighted by atomic mass is 19.4. The Bertz CT molecular complexity index is 732. The van der Waals surface area contributed by atoms with E-state index in [0.29, 0.717) is 13.1 Å². The molecular weight excluding hydrogens is 309 g/mol. The SMILES string of the molecule is C#CCN1CCCC(Nc2cc(C(F)(F)F)nc3ncnn23)C1. The third-order valence-electron chi connectivity index (χ3n) is 3.71. The Hall–Kier alpha value is -2.34. The lowest BCUT2D eigenvalue weighted by atomic mass is 10.1. The van der Waals surface area contributed by atoms with Crippen molar-refractivity contribution in [2.75, 3.05) is 25.0 Å². The normalized spacial score (nSPS) is 19.7. The Morgan fingerprint density at radius 1 is 1.43 bits per heavy atom. The molecule has 23 heavy (non-hydrogen) atoms. The van der Waals surface area contributed by atoms with Crippen LogP contribution in [-0.2, 0) is 6.18 Å². The molecule has 0 aromatic carbocycles. The topological polar surface area (TPSA) is 58.3 Å².